The zero-order valence-electron chi connectivity index (χ0n) is 16.5. The number of rotatable bonds is 8. The van der Waals surface area contributed by atoms with E-state index in [1.807, 2.05) is 29.5 Å². The summed E-state index contributed by atoms with van der Waals surface area (Å²) in [6.45, 7) is 3.98. The molecule has 6 heteroatoms. The van der Waals surface area contributed by atoms with Crippen LogP contribution < -0.4 is 14.8 Å². The molecule has 3 rings (SSSR count). The van der Waals surface area contributed by atoms with Crippen LogP contribution in [-0.2, 0) is 11.3 Å². The molecule has 150 valence electrons. The molecule has 1 aliphatic rings. The molecule has 5 nitrogen and oxygen atoms in total. The third-order valence-corrected chi connectivity index (χ3v) is 5.93. The first-order valence-electron chi connectivity index (χ1n) is 9.60. The topological polar surface area (TPSA) is 50.8 Å². The minimum absolute atomic E-state index is 0.0594. The molecule has 0 bridgehead atoms. The summed E-state index contributed by atoms with van der Waals surface area (Å²) < 4.78 is 10.5. The number of ether oxygens (including phenoxy) is 2. The highest BCUT2D eigenvalue weighted by atomic mass is 32.1. The van der Waals surface area contributed by atoms with Gasteiger partial charge in [0.15, 0.2) is 11.5 Å². The molecule has 1 aromatic heterocycles. The molecule has 1 amide bonds. The van der Waals surface area contributed by atoms with Crippen molar-refractivity contribution in [1.82, 2.24) is 10.2 Å². The van der Waals surface area contributed by atoms with Crippen molar-refractivity contribution < 1.29 is 14.3 Å². The van der Waals surface area contributed by atoms with E-state index in [2.05, 4.69) is 27.7 Å². The minimum Gasteiger partial charge on any atom is -0.493 e. The van der Waals surface area contributed by atoms with Crippen LogP contribution in [0.5, 0.6) is 11.5 Å². The number of amides is 1. The number of likely N-dealkylation sites (tertiary alicyclic amines) is 1. The fourth-order valence-corrected chi connectivity index (χ4v) is 4.15. The van der Waals surface area contributed by atoms with Gasteiger partial charge < -0.3 is 14.8 Å². The van der Waals surface area contributed by atoms with Crippen molar-refractivity contribution in [3.63, 3.8) is 0 Å². The van der Waals surface area contributed by atoms with E-state index in [4.69, 9.17) is 9.47 Å². The predicted octanol–water partition coefficient (Wildman–Crippen LogP) is 3.81. The number of nitrogens with one attached hydrogen (secondary N) is 1. The molecule has 2 heterocycles. The van der Waals surface area contributed by atoms with Gasteiger partial charge in [-0.2, -0.15) is 0 Å². The van der Waals surface area contributed by atoms with E-state index in [-0.39, 0.29) is 5.91 Å². The Hall–Kier alpha value is -2.31. The third kappa shape index (κ3) is 5.84. The van der Waals surface area contributed by atoms with E-state index < -0.39 is 0 Å². The molecule has 28 heavy (non-hydrogen) atoms. The Morgan fingerprint density at radius 3 is 2.68 bits per heavy atom. The maximum atomic E-state index is 12.1. The molecule has 1 saturated heterocycles. The maximum absolute atomic E-state index is 12.1. The van der Waals surface area contributed by atoms with Crippen LogP contribution in [0.4, 0.5) is 0 Å². The standard InChI is InChI=1S/C22H28N2O3S/c1-26-20-7-5-17(14-21(20)27-2)6-8-22(25)23-15-18-9-11-24(12-10-18)16-19-4-3-13-28-19/h3-8,13-14,18H,9-12,15-16H2,1-2H3,(H,23,25)/b8-6+. The molecular weight excluding hydrogens is 372 g/mol. The zero-order chi connectivity index (χ0) is 19.8. The molecule has 0 atom stereocenters. The zero-order valence-corrected chi connectivity index (χ0v) is 17.3. The van der Waals surface area contributed by atoms with Crippen molar-refractivity contribution in [3.05, 3.63) is 52.2 Å². The molecule has 1 fully saturated rings. The van der Waals surface area contributed by atoms with Crippen LogP contribution in [0, 0.1) is 5.92 Å². The summed E-state index contributed by atoms with van der Waals surface area (Å²) in [5, 5.41) is 5.17. The van der Waals surface area contributed by atoms with E-state index in [1.54, 1.807) is 26.4 Å². The maximum Gasteiger partial charge on any atom is 0.244 e. The van der Waals surface area contributed by atoms with Crippen LogP contribution >= 0.6 is 11.3 Å². The van der Waals surface area contributed by atoms with Gasteiger partial charge in [-0.25, -0.2) is 0 Å². The van der Waals surface area contributed by atoms with Crippen LogP contribution in [0.15, 0.2) is 41.8 Å². The molecule has 1 aliphatic heterocycles. The van der Waals surface area contributed by atoms with E-state index in [9.17, 15) is 4.79 Å². The summed E-state index contributed by atoms with van der Waals surface area (Å²) in [7, 11) is 3.21. The lowest BCUT2D eigenvalue weighted by Crippen LogP contribution is -2.37. The molecule has 0 aliphatic carbocycles. The van der Waals surface area contributed by atoms with Gasteiger partial charge in [-0.15, -0.1) is 11.3 Å². The summed E-state index contributed by atoms with van der Waals surface area (Å²) in [5.74, 6) is 1.82. The Morgan fingerprint density at radius 2 is 2.00 bits per heavy atom. The fraction of sp³-hybridized carbons (Fsp3) is 0.409. The second kappa shape index (κ2) is 10.3. The van der Waals surface area contributed by atoms with E-state index in [1.165, 1.54) is 4.88 Å². The van der Waals surface area contributed by atoms with Crippen molar-refractivity contribution in [1.29, 1.82) is 0 Å². The second-order valence-electron chi connectivity index (χ2n) is 6.99. The van der Waals surface area contributed by atoms with Crippen molar-refractivity contribution in [3.8, 4) is 11.5 Å². The predicted molar refractivity (Wildman–Crippen MR) is 114 cm³/mol. The van der Waals surface area contributed by atoms with Crippen LogP contribution in [0.2, 0.25) is 0 Å². The Morgan fingerprint density at radius 1 is 1.21 bits per heavy atom. The van der Waals surface area contributed by atoms with Gasteiger partial charge >= 0.3 is 0 Å². The Kier molecular flexibility index (Phi) is 7.51. The molecule has 1 aromatic carbocycles. The SMILES string of the molecule is COc1ccc(/C=C/C(=O)NCC2CCN(Cc3cccs3)CC2)cc1OC. The van der Waals surface area contributed by atoms with Crippen LogP contribution in [0.3, 0.4) is 0 Å². The summed E-state index contributed by atoms with van der Waals surface area (Å²) >= 11 is 1.82. The number of benzene rings is 1. The third-order valence-electron chi connectivity index (χ3n) is 5.07. The lowest BCUT2D eigenvalue weighted by atomic mass is 9.96. The van der Waals surface area contributed by atoms with Crippen molar-refractivity contribution in [2.75, 3.05) is 33.9 Å². The highest BCUT2D eigenvalue weighted by Crippen LogP contribution is 2.28. The van der Waals surface area contributed by atoms with Crippen molar-refractivity contribution in [2.24, 2.45) is 5.92 Å². The second-order valence-corrected chi connectivity index (χ2v) is 8.02. The van der Waals surface area contributed by atoms with Crippen LogP contribution in [0.1, 0.15) is 23.3 Å². The number of hydrogen-bond acceptors (Lipinski definition) is 5. The molecule has 0 unspecified atom stereocenters. The average Bonchev–Trinajstić information content (AvgIpc) is 3.24. The van der Waals surface area contributed by atoms with Gasteiger partial charge in [-0.05, 0) is 67.1 Å². The van der Waals surface area contributed by atoms with Gasteiger partial charge in [0.2, 0.25) is 5.91 Å². The smallest absolute Gasteiger partial charge is 0.244 e. The number of piperidine rings is 1. The molecule has 1 N–H and O–H groups in total. The van der Waals surface area contributed by atoms with Crippen LogP contribution in [0.25, 0.3) is 6.08 Å². The Labute approximate surface area is 171 Å². The van der Waals surface area contributed by atoms with Gasteiger partial charge in [0.25, 0.3) is 0 Å². The molecule has 0 radical (unpaired) electrons. The number of nitrogens with zero attached hydrogens (tertiary/aromatic N) is 1. The number of carbonyl (C=O) groups is 1. The summed E-state index contributed by atoms with van der Waals surface area (Å²) in [4.78, 5) is 16.1. The quantitative estimate of drug-likeness (QED) is 0.685. The lowest BCUT2D eigenvalue weighted by molar-refractivity contribution is -0.116. The van der Waals surface area contributed by atoms with Gasteiger partial charge in [-0.3, -0.25) is 9.69 Å². The van der Waals surface area contributed by atoms with Gasteiger partial charge in [0.05, 0.1) is 14.2 Å². The molecule has 0 saturated carbocycles. The molecule has 2 aromatic rings. The fourth-order valence-electron chi connectivity index (χ4n) is 3.40. The lowest BCUT2D eigenvalue weighted by Gasteiger charge is -2.31. The highest BCUT2D eigenvalue weighted by Gasteiger charge is 2.19. The number of methoxy groups -OCH3 is 2. The van der Waals surface area contributed by atoms with Crippen LogP contribution in [-0.4, -0.2) is 44.7 Å². The highest BCUT2D eigenvalue weighted by molar-refractivity contribution is 7.09. The number of thiophene rings is 1. The largest absolute Gasteiger partial charge is 0.493 e. The average molecular weight is 401 g/mol. The summed E-state index contributed by atoms with van der Waals surface area (Å²) in [5.41, 5.74) is 0.898. The Balaban J connectivity index is 1.40. The van der Waals surface area contributed by atoms with Gasteiger partial charge in [0.1, 0.15) is 0 Å². The first-order chi connectivity index (χ1) is 13.7. The van der Waals surface area contributed by atoms with E-state index in [0.717, 1.165) is 44.6 Å². The monoisotopic (exact) mass is 400 g/mol. The van der Waals surface area contributed by atoms with Gasteiger partial charge in [-0.1, -0.05) is 12.1 Å². The first kappa shape index (κ1) is 20.4. The first-order valence-corrected chi connectivity index (χ1v) is 10.5. The van der Waals surface area contributed by atoms with Crippen molar-refractivity contribution in [2.45, 2.75) is 19.4 Å². The van der Waals surface area contributed by atoms with E-state index in [0.29, 0.717) is 17.4 Å². The molecule has 0 spiro atoms. The van der Waals surface area contributed by atoms with Crippen molar-refractivity contribution >= 4 is 23.3 Å². The number of carbonyl (C=O) groups excluding carboxylic acids is 1. The van der Waals surface area contributed by atoms with E-state index >= 15 is 0 Å². The normalized spacial score (nSPS) is 15.6. The summed E-state index contributed by atoms with van der Waals surface area (Å²) in [6.07, 6.45) is 5.63. The summed E-state index contributed by atoms with van der Waals surface area (Å²) in [6, 6.07) is 9.89. The minimum atomic E-state index is -0.0594. The van der Waals surface area contributed by atoms with Gasteiger partial charge in [0, 0.05) is 24.0 Å². The Bertz CT molecular complexity index is 781. The molecular formula is C22H28N2O3S. The number of hydrogen-bond donors (Lipinski definition) is 1.